The van der Waals surface area contributed by atoms with E-state index in [1.807, 2.05) is 16.8 Å². The largest absolute Gasteiger partial charge is 0.378 e. The van der Waals surface area contributed by atoms with Gasteiger partial charge < -0.3 is 9.64 Å². The highest BCUT2D eigenvalue weighted by molar-refractivity contribution is 6.32. The number of carbonyl (C=O) groups is 1. The van der Waals surface area contributed by atoms with Crippen molar-refractivity contribution in [3.63, 3.8) is 0 Å². The molecule has 1 aromatic heterocycles. The number of aromatic nitrogens is 1. The number of hydrogen-bond acceptors (Lipinski definition) is 4. The van der Waals surface area contributed by atoms with E-state index >= 15 is 0 Å². The van der Waals surface area contributed by atoms with Crippen molar-refractivity contribution in [3.8, 4) is 0 Å². The van der Waals surface area contributed by atoms with Crippen LogP contribution in [0.1, 0.15) is 5.56 Å². The van der Waals surface area contributed by atoms with Crippen LogP contribution in [0.3, 0.4) is 0 Å². The van der Waals surface area contributed by atoms with Crippen molar-refractivity contribution in [2.24, 2.45) is 0 Å². The van der Waals surface area contributed by atoms with Crippen molar-refractivity contribution in [2.75, 3.05) is 39.9 Å². The van der Waals surface area contributed by atoms with Crippen molar-refractivity contribution < 1.29 is 9.53 Å². The van der Waals surface area contributed by atoms with Crippen molar-refractivity contribution in [1.82, 2.24) is 14.8 Å². The zero-order valence-corrected chi connectivity index (χ0v) is 12.8. The van der Waals surface area contributed by atoms with Gasteiger partial charge in [0.2, 0.25) is 5.91 Å². The predicted molar refractivity (Wildman–Crippen MR) is 78.0 cm³/mol. The molecule has 0 atom stereocenters. The van der Waals surface area contributed by atoms with E-state index in [0.717, 1.165) is 5.56 Å². The lowest BCUT2D eigenvalue weighted by molar-refractivity contribution is -0.136. The summed E-state index contributed by atoms with van der Waals surface area (Å²) in [6.45, 7) is 3.52. The normalized spacial score (nSPS) is 15.7. The summed E-state index contributed by atoms with van der Waals surface area (Å²) in [7, 11) is 1.89. The zero-order chi connectivity index (χ0) is 14.5. The van der Waals surface area contributed by atoms with Gasteiger partial charge >= 0.3 is 0 Å². The Morgan fingerprint density at radius 2 is 1.95 bits per heavy atom. The molecular formula is C13H17Cl2N3O2. The fourth-order valence-electron chi connectivity index (χ4n) is 2.12. The molecule has 0 N–H and O–H groups in total. The van der Waals surface area contributed by atoms with E-state index in [0.29, 0.717) is 49.7 Å². The van der Waals surface area contributed by atoms with Crippen LogP contribution in [0.25, 0.3) is 0 Å². The molecule has 2 rings (SSSR count). The lowest BCUT2D eigenvalue weighted by Crippen LogP contribution is -2.44. The number of pyridine rings is 1. The van der Waals surface area contributed by atoms with Gasteiger partial charge in [0.05, 0.1) is 19.8 Å². The lowest BCUT2D eigenvalue weighted by atomic mass is 10.2. The maximum absolute atomic E-state index is 12.1. The van der Waals surface area contributed by atoms with E-state index in [9.17, 15) is 4.79 Å². The van der Waals surface area contributed by atoms with E-state index in [2.05, 4.69) is 4.98 Å². The molecule has 5 nitrogen and oxygen atoms in total. The Hall–Kier alpha value is -0.880. The van der Waals surface area contributed by atoms with Gasteiger partial charge in [0.1, 0.15) is 10.3 Å². The first kappa shape index (κ1) is 15.5. The minimum absolute atomic E-state index is 0.113. The quantitative estimate of drug-likeness (QED) is 0.793. The van der Waals surface area contributed by atoms with E-state index in [4.69, 9.17) is 27.9 Å². The molecule has 0 aromatic carbocycles. The molecule has 1 aliphatic rings. The molecular weight excluding hydrogens is 301 g/mol. The highest BCUT2D eigenvalue weighted by Gasteiger charge is 2.18. The molecule has 20 heavy (non-hydrogen) atoms. The molecule has 1 fully saturated rings. The fourth-order valence-corrected chi connectivity index (χ4v) is 2.62. The maximum Gasteiger partial charge on any atom is 0.236 e. The number of amides is 1. The molecule has 2 heterocycles. The van der Waals surface area contributed by atoms with Crippen LogP contribution in [0.5, 0.6) is 0 Å². The molecule has 0 spiro atoms. The number of rotatable bonds is 4. The topological polar surface area (TPSA) is 45.7 Å². The van der Waals surface area contributed by atoms with E-state index in [1.165, 1.54) is 0 Å². The summed E-state index contributed by atoms with van der Waals surface area (Å²) >= 11 is 11.7. The second-order valence-electron chi connectivity index (χ2n) is 4.79. The van der Waals surface area contributed by atoms with Crippen LogP contribution in [0, 0.1) is 0 Å². The average molecular weight is 318 g/mol. The van der Waals surface area contributed by atoms with Gasteiger partial charge in [-0.15, -0.1) is 0 Å². The number of morpholine rings is 1. The van der Waals surface area contributed by atoms with Crippen LogP contribution in [0.15, 0.2) is 12.1 Å². The van der Waals surface area contributed by atoms with Crippen molar-refractivity contribution in [3.05, 3.63) is 28.0 Å². The van der Waals surface area contributed by atoms with Crippen molar-refractivity contribution >= 4 is 29.1 Å². The second kappa shape index (κ2) is 7.22. The summed E-state index contributed by atoms with van der Waals surface area (Å²) < 4.78 is 5.23. The van der Waals surface area contributed by atoms with Crippen LogP contribution >= 0.6 is 23.2 Å². The van der Waals surface area contributed by atoms with Crippen LogP contribution in [-0.2, 0) is 16.1 Å². The second-order valence-corrected chi connectivity index (χ2v) is 5.56. The van der Waals surface area contributed by atoms with Crippen LogP contribution in [-0.4, -0.2) is 60.6 Å². The van der Waals surface area contributed by atoms with Crippen LogP contribution in [0.2, 0.25) is 10.3 Å². The fraction of sp³-hybridized carbons (Fsp3) is 0.538. The molecule has 0 aliphatic carbocycles. The summed E-state index contributed by atoms with van der Waals surface area (Å²) in [4.78, 5) is 19.8. The molecule has 0 unspecified atom stereocenters. The Labute approximate surface area is 128 Å². The van der Waals surface area contributed by atoms with Gasteiger partial charge in [-0.05, 0) is 24.7 Å². The molecule has 0 bridgehead atoms. The third kappa shape index (κ3) is 4.59. The molecule has 1 saturated heterocycles. The molecule has 7 heteroatoms. The van der Waals surface area contributed by atoms with E-state index in [-0.39, 0.29) is 5.91 Å². The summed E-state index contributed by atoms with van der Waals surface area (Å²) in [6, 6.07) is 3.51. The molecule has 1 amide bonds. The zero-order valence-electron chi connectivity index (χ0n) is 11.3. The van der Waals surface area contributed by atoms with Gasteiger partial charge in [-0.3, -0.25) is 9.69 Å². The first-order valence-corrected chi connectivity index (χ1v) is 7.16. The van der Waals surface area contributed by atoms with Gasteiger partial charge in [0, 0.05) is 19.6 Å². The van der Waals surface area contributed by atoms with Crippen molar-refractivity contribution in [2.45, 2.75) is 6.54 Å². The standard InChI is InChI=1S/C13H17Cl2N3O2/c1-17(8-10-6-11(14)16-12(15)7-10)9-13(19)18-2-4-20-5-3-18/h6-7H,2-5,8-9H2,1H3. The van der Waals surface area contributed by atoms with Gasteiger partial charge in [0.15, 0.2) is 0 Å². The molecule has 1 aliphatic heterocycles. The van der Waals surface area contributed by atoms with Gasteiger partial charge in [-0.25, -0.2) is 4.98 Å². The Morgan fingerprint density at radius 3 is 2.55 bits per heavy atom. The summed E-state index contributed by atoms with van der Waals surface area (Å²) in [5.41, 5.74) is 0.937. The Balaban J connectivity index is 1.88. The smallest absolute Gasteiger partial charge is 0.236 e. The number of likely N-dealkylation sites (N-methyl/N-ethyl adjacent to an activating group) is 1. The van der Waals surface area contributed by atoms with Crippen LogP contribution in [0.4, 0.5) is 0 Å². The highest BCUT2D eigenvalue weighted by Crippen LogP contribution is 2.15. The van der Waals surface area contributed by atoms with E-state index in [1.54, 1.807) is 12.1 Å². The number of hydrogen-bond donors (Lipinski definition) is 0. The third-order valence-corrected chi connectivity index (χ3v) is 3.43. The lowest BCUT2D eigenvalue weighted by Gasteiger charge is -2.28. The Morgan fingerprint density at radius 1 is 1.35 bits per heavy atom. The molecule has 110 valence electrons. The number of halogens is 2. The van der Waals surface area contributed by atoms with Gasteiger partial charge in [-0.2, -0.15) is 0 Å². The third-order valence-electron chi connectivity index (χ3n) is 3.04. The number of nitrogens with zero attached hydrogens (tertiary/aromatic N) is 3. The number of carbonyl (C=O) groups excluding carboxylic acids is 1. The SMILES string of the molecule is CN(CC(=O)N1CCOCC1)Cc1cc(Cl)nc(Cl)c1. The minimum Gasteiger partial charge on any atom is -0.378 e. The molecule has 1 aromatic rings. The number of ether oxygens (including phenoxy) is 1. The highest BCUT2D eigenvalue weighted by atomic mass is 35.5. The monoisotopic (exact) mass is 317 g/mol. The minimum atomic E-state index is 0.113. The first-order chi connectivity index (χ1) is 9.54. The van der Waals surface area contributed by atoms with Gasteiger partial charge in [-0.1, -0.05) is 23.2 Å². The predicted octanol–water partition coefficient (Wildman–Crippen LogP) is 1.68. The summed E-state index contributed by atoms with van der Waals surface area (Å²) in [5.74, 6) is 0.113. The summed E-state index contributed by atoms with van der Waals surface area (Å²) in [6.07, 6.45) is 0. The Bertz CT molecular complexity index is 458. The van der Waals surface area contributed by atoms with E-state index < -0.39 is 0 Å². The van der Waals surface area contributed by atoms with Crippen LogP contribution < -0.4 is 0 Å². The maximum atomic E-state index is 12.1. The molecule has 0 radical (unpaired) electrons. The Kier molecular flexibility index (Phi) is 5.60. The van der Waals surface area contributed by atoms with Crippen molar-refractivity contribution in [1.29, 1.82) is 0 Å². The summed E-state index contributed by atoms with van der Waals surface area (Å²) in [5, 5.41) is 0.723. The van der Waals surface area contributed by atoms with Gasteiger partial charge in [0.25, 0.3) is 0 Å². The average Bonchev–Trinajstić information content (AvgIpc) is 2.38. The molecule has 0 saturated carbocycles. The first-order valence-electron chi connectivity index (χ1n) is 6.40.